The highest BCUT2D eigenvalue weighted by Crippen LogP contribution is 2.22. The van der Waals surface area contributed by atoms with Crippen LogP contribution in [0.1, 0.15) is 22.0 Å². The lowest BCUT2D eigenvalue weighted by Crippen LogP contribution is -2.29. The van der Waals surface area contributed by atoms with Gasteiger partial charge in [0.1, 0.15) is 5.82 Å². The van der Waals surface area contributed by atoms with E-state index in [-0.39, 0.29) is 11.9 Å². The SMILES string of the molecule is Cc1cc(C(Cc2cccs2)NN)ccc1F. The van der Waals surface area contributed by atoms with E-state index in [1.165, 1.54) is 10.9 Å². The average Bonchev–Trinajstić information content (AvgIpc) is 2.82. The fraction of sp³-hybridized carbons (Fsp3) is 0.231. The third-order valence-corrected chi connectivity index (χ3v) is 3.67. The minimum atomic E-state index is -0.180. The highest BCUT2D eigenvalue weighted by Gasteiger charge is 2.12. The Kier molecular flexibility index (Phi) is 3.89. The summed E-state index contributed by atoms with van der Waals surface area (Å²) in [5.74, 6) is 5.39. The number of halogens is 1. The normalized spacial score (nSPS) is 12.6. The van der Waals surface area contributed by atoms with E-state index in [1.54, 1.807) is 24.3 Å². The molecule has 3 N–H and O–H groups in total. The van der Waals surface area contributed by atoms with Crippen molar-refractivity contribution in [2.45, 2.75) is 19.4 Å². The van der Waals surface area contributed by atoms with Crippen LogP contribution in [0.4, 0.5) is 4.39 Å². The Bertz CT molecular complexity index is 482. The summed E-state index contributed by atoms with van der Waals surface area (Å²) in [6.07, 6.45) is 0.819. The van der Waals surface area contributed by atoms with Crippen molar-refractivity contribution < 1.29 is 4.39 Å². The van der Waals surface area contributed by atoms with Crippen LogP contribution < -0.4 is 11.3 Å². The number of hydrogen-bond acceptors (Lipinski definition) is 3. The van der Waals surface area contributed by atoms with E-state index in [1.807, 2.05) is 17.5 Å². The lowest BCUT2D eigenvalue weighted by Gasteiger charge is -2.16. The van der Waals surface area contributed by atoms with Crippen LogP contribution in [-0.4, -0.2) is 0 Å². The number of rotatable bonds is 4. The number of nitrogens with one attached hydrogen (secondary N) is 1. The minimum absolute atomic E-state index is 0.0212. The summed E-state index contributed by atoms with van der Waals surface area (Å²) in [4.78, 5) is 1.26. The molecular formula is C13H15FN2S. The molecule has 1 aromatic heterocycles. The molecule has 0 aliphatic heterocycles. The molecule has 0 amide bonds. The Balaban J connectivity index is 2.20. The zero-order valence-electron chi connectivity index (χ0n) is 9.61. The maximum atomic E-state index is 13.2. The van der Waals surface area contributed by atoms with Crippen molar-refractivity contribution in [1.82, 2.24) is 5.43 Å². The van der Waals surface area contributed by atoms with E-state index in [4.69, 9.17) is 5.84 Å². The first-order valence-corrected chi connectivity index (χ1v) is 6.33. The molecule has 1 aromatic carbocycles. The van der Waals surface area contributed by atoms with Crippen LogP contribution in [0.5, 0.6) is 0 Å². The summed E-state index contributed by atoms with van der Waals surface area (Å²) in [5, 5.41) is 2.04. The molecule has 0 saturated carbocycles. The van der Waals surface area contributed by atoms with E-state index >= 15 is 0 Å². The van der Waals surface area contributed by atoms with Crippen molar-refractivity contribution in [2.75, 3.05) is 0 Å². The molecular weight excluding hydrogens is 235 g/mol. The predicted octanol–water partition coefficient (Wildman–Crippen LogP) is 2.94. The fourth-order valence-electron chi connectivity index (χ4n) is 1.79. The first-order valence-electron chi connectivity index (χ1n) is 5.45. The quantitative estimate of drug-likeness (QED) is 0.647. The average molecular weight is 250 g/mol. The van der Waals surface area contributed by atoms with Crippen LogP contribution in [0.25, 0.3) is 0 Å². The number of nitrogens with two attached hydrogens (primary N) is 1. The standard InChI is InChI=1S/C13H15FN2S/c1-9-7-10(4-5-12(9)14)13(16-15)8-11-3-2-6-17-11/h2-7,13,16H,8,15H2,1H3. The van der Waals surface area contributed by atoms with E-state index in [9.17, 15) is 4.39 Å². The third kappa shape index (κ3) is 2.91. The Labute approximate surface area is 104 Å². The summed E-state index contributed by atoms with van der Waals surface area (Å²) in [7, 11) is 0. The number of aryl methyl sites for hydroxylation is 1. The Morgan fingerprint density at radius 1 is 1.41 bits per heavy atom. The van der Waals surface area contributed by atoms with E-state index in [0.717, 1.165) is 12.0 Å². The Morgan fingerprint density at radius 3 is 2.82 bits per heavy atom. The topological polar surface area (TPSA) is 38.0 Å². The molecule has 4 heteroatoms. The highest BCUT2D eigenvalue weighted by atomic mass is 32.1. The van der Waals surface area contributed by atoms with Gasteiger partial charge in [0.2, 0.25) is 0 Å². The number of benzene rings is 1. The van der Waals surface area contributed by atoms with Gasteiger partial charge in [-0.1, -0.05) is 18.2 Å². The van der Waals surface area contributed by atoms with Gasteiger partial charge in [0.15, 0.2) is 0 Å². The molecule has 2 nitrogen and oxygen atoms in total. The van der Waals surface area contributed by atoms with E-state index < -0.39 is 0 Å². The number of hydrazine groups is 1. The van der Waals surface area contributed by atoms with Crippen molar-refractivity contribution in [1.29, 1.82) is 0 Å². The van der Waals surface area contributed by atoms with E-state index in [0.29, 0.717) is 5.56 Å². The van der Waals surface area contributed by atoms with Crippen LogP contribution in [0, 0.1) is 12.7 Å². The Hall–Kier alpha value is -1.23. The second kappa shape index (κ2) is 5.40. The molecule has 1 atom stereocenters. The summed E-state index contributed by atoms with van der Waals surface area (Å²) < 4.78 is 13.2. The zero-order valence-corrected chi connectivity index (χ0v) is 10.4. The van der Waals surface area contributed by atoms with Crippen LogP contribution >= 0.6 is 11.3 Å². The monoisotopic (exact) mass is 250 g/mol. The molecule has 2 rings (SSSR count). The van der Waals surface area contributed by atoms with Gasteiger partial charge in [-0.2, -0.15) is 0 Å². The Morgan fingerprint density at radius 2 is 2.24 bits per heavy atom. The van der Waals surface area contributed by atoms with Crippen LogP contribution in [0.2, 0.25) is 0 Å². The largest absolute Gasteiger partial charge is 0.271 e. The highest BCUT2D eigenvalue weighted by molar-refractivity contribution is 7.09. The second-order valence-electron chi connectivity index (χ2n) is 4.01. The van der Waals surface area contributed by atoms with Gasteiger partial charge in [0.25, 0.3) is 0 Å². The molecule has 0 spiro atoms. The first kappa shape index (κ1) is 12.2. The lowest BCUT2D eigenvalue weighted by atomic mass is 10.0. The van der Waals surface area contributed by atoms with Gasteiger partial charge in [-0.05, 0) is 35.6 Å². The maximum Gasteiger partial charge on any atom is 0.126 e. The van der Waals surface area contributed by atoms with E-state index in [2.05, 4.69) is 11.5 Å². The van der Waals surface area contributed by atoms with Crippen molar-refractivity contribution >= 4 is 11.3 Å². The molecule has 90 valence electrons. The molecule has 0 radical (unpaired) electrons. The minimum Gasteiger partial charge on any atom is -0.271 e. The predicted molar refractivity (Wildman–Crippen MR) is 69.2 cm³/mol. The molecule has 0 saturated heterocycles. The second-order valence-corrected chi connectivity index (χ2v) is 5.04. The first-order chi connectivity index (χ1) is 8.20. The molecule has 17 heavy (non-hydrogen) atoms. The van der Waals surface area contributed by atoms with Crippen molar-refractivity contribution in [2.24, 2.45) is 5.84 Å². The molecule has 2 aromatic rings. The van der Waals surface area contributed by atoms with Crippen molar-refractivity contribution in [3.05, 3.63) is 57.5 Å². The molecule has 0 fully saturated rings. The molecule has 0 aliphatic carbocycles. The fourth-order valence-corrected chi connectivity index (χ4v) is 2.54. The van der Waals surface area contributed by atoms with Crippen LogP contribution in [0.15, 0.2) is 35.7 Å². The van der Waals surface area contributed by atoms with Gasteiger partial charge >= 0.3 is 0 Å². The van der Waals surface area contributed by atoms with Crippen LogP contribution in [-0.2, 0) is 6.42 Å². The third-order valence-electron chi connectivity index (χ3n) is 2.77. The van der Waals surface area contributed by atoms with Gasteiger partial charge in [0, 0.05) is 11.3 Å². The number of hydrogen-bond donors (Lipinski definition) is 2. The molecule has 1 heterocycles. The number of thiophene rings is 1. The van der Waals surface area contributed by atoms with Crippen molar-refractivity contribution in [3.63, 3.8) is 0 Å². The summed E-state index contributed by atoms with van der Waals surface area (Å²) in [5.41, 5.74) is 4.45. The summed E-state index contributed by atoms with van der Waals surface area (Å²) in [6, 6.07) is 9.22. The smallest absolute Gasteiger partial charge is 0.126 e. The van der Waals surface area contributed by atoms with Gasteiger partial charge in [-0.25, -0.2) is 4.39 Å². The molecule has 0 aliphatic rings. The zero-order chi connectivity index (χ0) is 12.3. The summed E-state index contributed by atoms with van der Waals surface area (Å²) >= 11 is 1.70. The van der Waals surface area contributed by atoms with Gasteiger partial charge in [-0.3, -0.25) is 11.3 Å². The maximum absolute atomic E-state index is 13.2. The lowest BCUT2D eigenvalue weighted by molar-refractivity contribution is 0.551. The molecule has 1 unspecified atom stereocenters. The van der Waals surface area contributed by atoms with Gasteiger partial charge in [-0.15, -0.1) is 11.3 Å². The summed E-state index contributed by atoms with van der Waals surface area (Å²) in [6.45, 7) is 1.76. The van der Waals surface area contributed by atoms with Crippen molar-refractivity contribution in [3.8, 4) is 0 Å². The molecule has 0 bridgehead atoms. The van der Waals surface area contributed by atoms with Gasteiger partial charge in [0.05, 0.1) is 6.04 Å². The van der Waals surface area contributed by atoms with Gasteiger partial charge < -0.3 is 0 Å². The van der Waals surface area contributed by atoms with Crippen LogP contribution in [0.3, 0.4) is 0 Å².